The summed E-state index contributed by atoms with van der Waals surface area (Å²) in [5.74, 6) is -0.363. The molecule has 0 saturated carbocycles. The quantitative estimate of drug-likeness (QED) is 0.811. The number of carbonyl (C=O) groups is 1. The molecule has 2 N–H and O–H groups in total. The van der Waals surface area contributed by atoms with Gasteiger partial charge in [-0.15, -0.1) is 0 Å². The van der Waals surface area contributed by atoms with E-state index in [0.717, 1.165) is 25.9 Å². The summed E-state index contributed by atoms with van der Waals surface area (Å²) in [4.78, 5) is 14.1. The third-order valence-corrected chi connectivity index (χ3v) is 5.76. The second-order valence-corrected chi connectivity index (χ2v) is 7.87. The lowest BCUT2D eigenvalue weighted by Gasteiger charge is -2.48. The third kappa shape index (κ3) is 4.20. The van der Waals surface area contributed by atoms with Crippen molar-refractivity contribution in [2.24, 2.45) is 0 Å². The van der Waals surface area contributed by atoms with E-state index in [1.807, 2.05) is 6.92 Å². The number of piperidine rings is 1. The Hall–Kier alpha value is -1.83. The second-order valence-electron chi connectivity index (χ2n) is 7.87. The van der Waals surface area contributed by atoms with Crippen molar-refractivity contribution in [2.45, 2.75) is 50.4 Å². The fourth-order valence-electron chi connectivity index (χ4n) is 4.34. The van der Waals surface area contributed by atoms with Gasteiger partial charge >= 0.3 is 5.97 Å². The van der Waals surface area contributed by atoms with Crippen LogP contribution in [0, 0.1) is 0 Å². The molecule has 27 heavy (non-hydrogen) atoms. The molecule has 0 radical (unpaired) electrons. The number of aromatic carboxylic acids is 1. The zero-order valence-corrected chi connectivity index (χ0v) is 16.3. The first kappa shape index (κ1) is 19.9. The molecule has 1 aromatic rings. The van der Waals surface area contributed by atoms with Crippen LogP contribution in [0.15, 0.2) is 12.1 Å². The molecular formula is C20H29NO6. The lowest BCUT2D eigenvalue weighted by Crippen LogP contribution is -2.53. The fraction of sp³-hybridized carbons (Fsp3) is 0.650. The Morgan fingerprint density at radius 2 is 1.93 bits per heavy atom. The summed E-state index contributed by atoms with van der Waals surface area (Å²) >= 11 is 0. The average Bonchev–Trinajstić information content (AvgIpc) is 2.62. The standard InChI is InChI=1S/C20H29NO6/c1-19(24)8-11-27-20(13-19)6-9-21(10-7-20)12-14-4-5-15(25-2)17(26-3)16(14)18(22)23/h4-5,24H,6-13H2,1-3H3,(H,22,23). The molecule has 1 aromatic carbocycles. The van der Waals surface area contributed by atoms with Gasteiger partial charge < -0.3 is 24.4 Å². The number of hydrogen-bond acceptors (Lipinski definition) is 6. The fourth-order valence-corrected chi connectivity index (χ4v) is 4.34. The molecular weight excluding hydrogens is 350 g/mol. The lowest BCUT2D eigenvalue weighted by molar-refractivity contribution is -0.173. The minimum absolute atomic E-state index is 0.147. The zero-order valence-electron chi connectivity index (χ0n) is 16.3. The molecule has 1 spiro atoms. The van der Waals surface area contributed by atoms with E-state index in [2.05, 4.69) is 4.90 Å². The summed E-state index contributed by atoms with van der Waals surface area (Å²) in [6.45, 7) is 4.58. The molecule has 0 aliphatic carbocycles. The largest absolute Gasteiger partial charge is 0.493 e. The Labute approximate surface area is 159 Å². The number of benzene rings is 1. The predicted octanol–water partition coefficient (Wildman–Crippen LogP) is 2.30. The summed E-state index contributed by atoms with van der Waals surface area (Å²) in [7, 11) is 2.94. The van der Waals surface area contributed by atoms with Crippen LogP contribution in [0.3, 0.4) is 0 Å². The van der Waals surface area contributed by atoms with Crippen molar-refractivity contribution in [3.63, 3.8) is 0 Å². The number of likely N-dealkylation sites (tertiary alicyclic amines) is 1. The molecule has 7 nitrogen and oxygen atoms in total. The normalized spacial score (nSPS) is 25.3. The number of ether oxygens (including phenoxy) is 3. The molecule has 2 fully saturated rings. The first-order chi connectivity index (χ1) is 12.8. The Morgan fingerprint density at radius 1 is 1.22 bits per heavy atom. The maximum Gasteiger partial charge on any atom is 0.339 e. The lowest BCUT2D eigenvalue weighted by atomic mass is 9.78. The highest BCUT2D eigenvalue weighted by atomic mass is 16.5. The van der Waals surface area contributed by atoms with Crippen LogP contribution in [0.5, 0.6) is 11.5 Å². The van der Waals surface area contributed by atoms with Gasteiger partial charge in [0.25, 0.3) is 0 Å². The first-order valence-electron chi connectivity index (χ1n) is 9.35. The molecule has 1 unspecified atom stereocenters. The highest BCUT2D eigenvalue weighted by Gasteiger charge is 2.44. The van der Waals surface area contributed by atoms with E-state index in [1.54, 1.807) is 12.1 Å². The minimum Gasteiger partial charge on any atom is -0.493 e. The number of rotatable bonds is 5. The number of aliphatic hydroxyl groups is 1. The molecule has 2 saturated heterocycles. The van der Waals surface area contributed by atoms with Gasteiger partial charge in [-0.1, -0.05) is 6.07 Å². The van der Waals surface area contributed by atoms with Gasteiger partial charge in [0.05, 0.1) is 32.0 Å². The Bertz CT molecular complexity index is 694. The van der Waals surface area contributed by atoms with Crippen molar-refractivity contribution in [2.75, 3.05) is 33.9 Å². The van der Waals surface area contributed by atoms with Crippen molar-refractivity contribution in [1.29, 1.82) is 0 Å². The zero-order chi connectivity index (χ0) is 19.7. The van der Waals surface area contributed by atoms with E-state index in [9.17, 15) is 15.0 Å². The van der Waals surface area contributed by atoms with Crippen LogP contribution in [0.4, 0.5) is 0 Å². The highest BCUT2D eigenvalue weighted by molar-refractivity contribution is 5.93. The summed E-state index contributed by atoms with van der Waals surface area (Å²) in [6, 6.07) is 3.53. The van der Waals surface area contributed by atoms with Gasteiger partial charge in [0, 0.05) is 26.1 Å². The van der Waals surface area contributed by atoms with Crippen molar-refractivity contribution in [3.8, 4) is 11.5 Å². The van der Waals surface area contributed by atoms with E-state index >= 15 is 0 Å². The highest BCUT2D eigenvalue weighted by Crippen LogP contribution is 2.40. The van der Waals surface area contributed by atoms with Crippen LogP contribution in [-0.4, -0.2) is 66.2 Å². The maximum atomic E-state index is 11.8. The average molecular weight is 379 g/mol. The Balaban J connectivity index is 1.73. The van der Waals surface area contributed by atoms with Crippen LogP contribution in [-0.2, 0) is 11.3 Å². The van der Waals surface area contributed by atoms with Gasteiger partial charge in [0.15, 0.2) is 11.5 Å². The predicted molar refractivity (Wildman–Crippen MR) is 99.6 cm³/mol. The smallest absolute Gasteiger partial charge is 0.339 e. The summed E-state index contributed by atoms with van der Waals surface area (Å²) in [5, 5.41) is 20.1. The summed E-state index contributed by atoms with van der Waals surface area (Å²) in [6.07, 6.45) is 2.99. The molecule has 1 atom stereocenters. The van der Waals surface area contributed by atoms with Crippen molar-refractivity contribution in [1.82, 2.24) is 4.90 Å². The molecule has 0 bridgehead atoms. The van der Waals surface area contributed by atoms with E-state index < -0.39 is 11.6 Å². The number of hydrogen-bond donors (Lipinski definition) is 2. The number of methoxy groups -OCH3 is 2. The van der Waals surface area contributed by atoms with E-state index in [0.29, 0.717) is 37.3 Å². The maximum absolute atomic E-state index is 11.8. The molecule has 2 aliphatic rings. The van der Waals surface area contributed by atoms with Gasteiger partial charge in [-0.25, -0.2) is 4.79 Å². The number of carboxylic acid groups (broad SMARTS) is 1. The van der Waals surface area contributed by atoms with E-state index in [4.69, 9.17) is 14.2 Å². The minimum atomic E-state index is -1.03. The third-order valence-electron chi connectivity index (χ3n) is 5.76. The van der Waals surface area contributed by atoms with Crippen LogP contribution in [0.1, 0.15) is 48.5 Å². The monoisotopic (exact) mass is 379 g/mol. The van der Waals surface area contributed by atoms with Crippen molar-refractivity contribution >= 4 is 5.97 Å². The molecule has 150 valence electrons. The SMILES string of the molecule is COc1ccc(CN2CCC3(CC2)CC(C)(O)CCO3)c(C(=O)O)c1OC. The van der Waals surface area contributed by atoms with Crippen LogP contribution in [0.2, 0.25) is 0 Å². The van der Waals surface area contributed by atoms with Crippen molar-refractivity contribution < 1.29 is 29.2 Å². The van der Waals surface area contributed by atoms with Crippen LogP contribution >= 0.6 is 0 Å². The van der Waals surface area contributed by atoms with Gasteiger partial charge in [-0.05, 0) is 37.8 Å². The number of nitrogens with zero attached hydrogens (tertiary/aromatic N) is 1. The summed E-state index contributed by atoms with van der Waals surface area (Å²) < 4.78 is 16.6. The van der Waals surface area contributed by atoms with E-state index in [1.165, 1.54) is 14.2 Å². The van der Waals surface area contributed by atoms with Crippen molar-refractivity contribution in [3.05, 3.63) is 23.3 Å². The molecule has 7 heteroatoms. The number of carboxylic acids is 1. The Morgan fingerprint density at radius 3 is 2.48 bits per heavy atom. The molecule has 3 rings (SSSR count). The first-order valence-corrected chi connectivity index (χ1v) is 9.35. The summed E-state index contributed by atoms with van der Waals surface area (Å²) in [5.41, 5.74) is -0.0761. The van der Waals surface area contributed by atoms with E-state index in [-0.39, 0.29) is 16.9 Å². The molecule has 0 aromatic heterocycles. The Kier molecular flexibility index (Phi) is 5.65. The van der Waals surface area contributed by atoms with Crippen LogP contribution in [0.25, 0.3) is 0 Å². The van der Waals surface area contributed by atoms with Crippen LogP contribution < -0.4 is 9.47 Å². The van der Waals surface area contributed by atoms with Gasteiger partial charge in [0.2, 0.25) is 0 Å². The molecule has 2 aliphatic heterocycles. The molecule has 0 amide bonds. The van der Waals surface area contributed by atoms with Gasteiger partial charge in [-0.2, -0.15) is 0 Å². The molecule has 2 heterocycles. The van der Waals surface area contributed by atoms with Gasteiger partial charge in [-0.3, -0.25) is 4.90 Å². The second kappa shape index (κ2) is 7.66. The van der Waals surface area contributed by atoms with Gasteiger partial charge in [0.1, 0.15) is 5.56 Å². The topological polar surface area (TPSA) is 88.5 Å².